The van der Waals surface area contributed by atoms with E-state index in [4.69, 9.17) is 0 Å². The number of carbonyl (C=O) groups excluding carboxylic acids is 3. The zero-order valence-corrected chi connectivity index (χ0v) is 12.6. The van der Waals surface area contributed by atoms with Gasteiger partial charge < -0.3 is 5.11 Å². The van der Waals surface area contributed by atoms with Crippen LogP contribution in [0.2, 0.25) is 0 Å². The van der Waals surface area contributed by atoms with Crippen LogP contribution in [-0.2, 0) is 16.1 Å². The minimum Gasteiger partial charge on any atom is -0.507 e. The zero-order chi connectivity index (χ0) is 17.1. The summed E-state index contributed by atoms with van der Waals surface area (Å²) >= 11 is 0. The summed E-state index contributed by atoms with van der Waals surface area (Å²) in [6.45, 7) is 0.0525. The number of phenols is 1. The average Bonchev–Trinajstić information content (AvgIpc) is 2.58. The van der Waals surface area contributed by atoms with E-state index in [1.807, 2.05) is 6.07 Å². The van der Waals surface area contributed by atoms with Gasteiger partial charge in [-0.1, -0.05) is 48.5 Å². The quantitative estimate of drug-likeness (QED) is 0.669. The number of carbonyl (C=O) groups is 3. The van der Waals surface area contributed by atoms with Crippen molar-refractivity contribution in [3.05, 3.63) is 71.3 Å². The molecule has 6 nitrogen and oxygen atoms in total. The van der Waals surface area contributed by atoms with Crippen LogP contribution in [0.1, 0.15) is 11.1 Å². The minimum absolute atomic E-state index is 0.0525. The molecule has 2 aromatic rings. The lowest BCUT2D eigenvalue weighted by atomic mass is 10.1. The summed E-state index contributed by atoms with van der Waals surface area (Å²) in [7, 11) is 0. The van der Waals surface area contributed by atoms with E-state index in [2.05, 4.69) is 5.32 Å². The number of benzene rings is 2. The predicted molar refractivity (Wildman–Crippen MR) is 86.6 cm³/mol. The zero-order valence-electron chi connectivity index (χ0n) is 12.6. The molecule has 4 amide bonds. The Morgan fingerprint density at radius 2 is 1.62 bits per heavy atom. The molecule has 0 aromatic heterocycles. The molecule has 1 fully saturated rings. The van der Waals surface area contributed by atoms with Crippen LogP contribution in [0.4, 0.5) is 4.79 Å². The molecule has 0 radical (unpaired) electrons. The minimum atomic E-state index is -0.780. The first-order chi connectivity index (χ1) is 11.6. The van der Waals surface area contributed by atoms with Gasteiger partial charge in [-0.25, -0.2) is 4.79 Å². The third-order valence-corrected chi connectivity index (χ3v) is 3.61. The van der Waals surface area contributed by atoms with Gasteiger partial charge in [-0.3, -0.25) is 19.8 Å². The fourth-order valence-electron chi connectivity index (χ4n) is 2.37. The van der Waals surface area contributed by atoms with Crippen molar-refractivity contribution in [3.8, 4) is 5.75 Å². The smallest absolute Gasteiger partial charge is 0.331 e. The molecule has 0 aliphatic carbocycles. The number of barbiturate groups is 1. The van der Waals surface area contributed by atoms with E-state index in [1.165, 1.54) is 12.1 Å². The van der Waals surface area contributed by atoms with Crippen LogP contribution in [0.15, 0.2) is 60.2 Å². The summed E-state index contributed by atoms with van der Waals surface area (Å²) in [5.41, 5.74) is 0.884. The van der Waals surface area contributed by atoms with Crippen molar-refractivity contribution in [2.24, 2.45) is 0 Å². The molecule has 0 spiro atoms. The molecule has 1 aliphatic heterocycles. The van der Waals surface area contributed by atoms with Crippen LogP contribution < -0.4 is 5.32 Å². The van der Waals surface area contributed by atoms with Gasteiger partial charge in [0.2, 0.25) is 0 Å². The van der Waals surface area contributed by atoms with E-state index in [9.17, 15) is 19.5 Å². The number of phenolic OH excluding ortho intramolecular Hbond substituents is 1. The second kappa shape index (κ2) is 6.37. The number of urea groups is 1. The van der Waals surface area contributed by atoms with Gasteiger partial charge in [0.1, 0.15) is 11.3 Å². The van der Waals surface area contributed by atoms with E-state index in [0.29, 0.717) is 5.56 Å². The Morgan fingerprint density at radius 1 is 0.958 bits per heavy atom. The number of hydrogen-bond acceptors (Lipinski definition) is 4. The molecule has 1 aliphatic rings. The molecule has 2 N–H and O–H groups in total. The lowest BCUT2D eigenvalue weighted by molar-refractivity contribution is -0.130. The highest BCUT2D eigenvalue weighted by molar-refractivity contribution is 6.31. The highest BCUT2D eigenvalue weighted by Gasteiger charge is 2.35. The van der Waals surface area contributed by atoms with Crippen molar-refractivity contribution >= 4 is 23.9 Å². The summed E-state index contributed by atoms with van der Waals surface area (Å²) < 4.78 is 0. The fourth-order valence-corrected chi connectivity index (χ4v) is 2.37. The maximum atomic E-state index is 12.6. The first-order valence-corrected chi connectivity index (χ1v) is 7.27. The summed E-state index contributed by atoms with van der Waals surface area (Å²) in [6, 6.07) is 14.5. The van der Waals surface area contributed by atoms with Gasteiger partial charge in [0.15, 0.2) is 0 Å². The summed E-state index contributed by atoms with van der Waals surface area (Å²) in [5.74, 6) is -1.54. The molecular weight excluding hydrogens is 308 g/mol. The van der Waals surface area contributed by atoms with Gasteiger partial charge in [0, 0.05) is 5.56 Å². The van der Waals surface area contributed by atoms with Gasteiger partial charge in [-0.2, -0.15) is 0 Å². The summed E-state index contributed by atoms with van der Waals surface area (Å²) in [6.07, 6.45) is 1.28. The Bertz CT molecular complexity index is 843. The van der Waals surface area contributed by atoms with Gasteiger partial charge >= 0.3 is 6.03 Å². The molecule has 0 bridgehead atoms. The van der Waals surface area contributed by atoms with Gasteiger partial charge in [0.05, 0.1) is 6.54 Å². The van der Waals surface area contributed by atoms with Crippen molar-refractivity contribution in [1.29, 1.82) is 0 Å². The lowest BCUT2D eigenvalue weighted by Crippen LogP contribution is -2.53. The molecule has 1 heterocycles. The maximum Gasteiger partial charge on any atom is 0.331 e. The summed E-state index contributed by atoms with van der Waals surface area (Å²) in [4.78, 5) is 37.5. The summed E-state index contributed by atoms with van der Waals surface area (Å²) in [5, 5.41) is 11.9. The van der Waals surface area contributed by atoms with Crippen LogP contribution in [0, 0.1) is 0 Å². The number of para-hydroxylation sites is 1. The molecule has 0 saturated carbocycles. The number of nitrogens with zero attached hydrogens (tertiary/aromatic N) is 1. The second-order valence-electron chi connectivity index (χ2n) is 5.25. The topological polar surface area (TPSA) is 86.7 Å². The highest BCUT2D eigenvalue weighted by atomic mass is 16.3. The van der Waals surface area contributed by atoms with Gasteiger partial charge in [-0.05, 0) is 17.7 Å². The van der Waals surface area contributed by atoms with Crippen LogP contribution in [-0.4, -0.2) is 27.9 Å². The molecule has 0 unspecified atom stereocenters. The molecule has 6 heteroatoms. The van der Waals surface area contributed by atoms with Crippen molar-refractivity contribution in [3.63, 3.8) is 0 Å². The number of hydrogen-bond donors (Lipinski definition) is 2. The second-order valence-corrected chi connectivity index (χ2v) is 5.25. The Morgan fingerprint density at radius 3 is 2.33 bits per heavy atom. The highest BCUT2D eigenvalue weighted by Crippen LogP contribution is 2.22. The SMILES string of the molecule is O=C1NC(=O)N(Cc2ccccc2)C(=O)/C1=C/c1ccccc1O. The molecular formula is C18H14N2O4. The largest absolute Gasteiger partial charge is 0.507 e. The standard InChI is InChI=1S/C18H14N2O4/c21-15-9-5-4-8-13(15)10-14-16(22)19-18(24)20(17(14)23)11-12-6-2-1-3-7-12/h1-10,21H,11H2,(H,19,22,24)/b14-10+. The Hall–Kier alpha value is -3.41. The molecule has 24 heavy (non-hydrogen) atoms. The average molecular weight is 322 g/mol. The molecule has 0 atom stereocenters. The third kappa shape index (κ3) is 3.03. The first-order valence-electron chi connectivity index (χ1n) is 7.27. The normalized spacial score (nSPS) is 16.4. The molecule has 3 rings (SSSR count). The number of rotatable bonds is 3. The molecule has 2 aromatic carbocycles. The van der Waals surface area contributed by atoms with Crippen molar-refractivity contribution in [2.75, 3.05) is 0 Å². The van der Waals surface area contributed by atoms with Gasteiger partial charge in [0.25, 0.3) is 11.8 Å². The number of imide groups is 2. The van der Waals surface area contributed by atoms with Crippen LogP contribution >= 0.6 is 0 Å². The van der Waals surface area contributed by atoms with E-state index < -0.39 is 17.8 Å². The molecule has 1 saturated heterocycles. The van der Waals surface area contributed by atoms with E-state index in [1.54, 1.807) is 42.5 Å². The maximum absolute atomic E-state index is 12.6. The van der Waals surface area contributed by atoms with E-state index >= 15 is 0 Å². The monoisotopic (exact) mass is 322 g/mol. The van der Waals surface area contributed by atoms with Crippen LogP contribution in [0.25, 0.3) is 6.08 Å². The van der Waals surface area contributed by atoms with Crippen LogP contribution in [0.3, 0.4) is 0 Å². The van der Waals surface area contributed by atoms with E-state index in [-0.39, 0.29) is 17.9 Å². The number of aromatic hydroxyl groups is 1. The third-order valence-electron chi connectivity index (χ3n) is 3.61. The van der Waals surface area contributed by atoms with Gasteiger partial charge in [-0.15, -0.1) is 0 Å². The number of amides is 4. The van der Waals surface area contributed by atoms with E-state index in [0.717, 1.165) is 10.5 Å². The first kappa shape index (κ1) is 15.5. The lowest BCUT2D eigenvalue weighted by Gasteiger charge is -2.26. The number of nitrogens with one attached hydrogen (secondary N) is 1. The van der Waals surface area contributed by atoms with Crippen molar-refractivity contribution in [2.45, 2.75) is 6.54 Å². The van der Waals surface area contributed by atoms with Crippen molar-refractivity contribution in [1.82, 2.24) is 10.2 Å². The predicted octanol–water partition coefficient (Wildman–Crippen LogP) is 2.05. The molecule has 120 valence electrons. The Labute approximate surface area is 138 Å². The Kier molecular flexibility index (Phi) is 4.11. The fraction of sp³-hybridized carbons (Fsp3) is 0.0556. The van der Waals surface area contributed by atoms with Crippen LogP contribution in [0.5, 0.6) is 5.75 Å². The Balaban J connectivity index is 1.93. The van der Waals surface area contributed by atoms with Crippen molar-refractivity contribution < 1.29 is 19.5 Å².